The van der Waals surface area contributed by atoms with Crippen molar-refractivity contribution in [1.82, 2.24) is 15.5 Å². The average Bonchev–Trinajstić information content (AvgIpc) is 2.77. The summed E-state index contributed by atoms with van der Waals surface area (Å²) >= 11 is 0. The van der Waals surface area contributed by atoms with E-state index in [0.29, 0.717) is 12.5 Å². The summed E-state index contributed by atoms with van der Waals surface area (Å²) in [5.74, 6) is 0.177. The van der Waals surface area contributed by atoms with Crippen LogP contribution in [0.25, 0.3) is 0 Å². The first-order valence-electron chi connectivity index (χ1n) is 6.54. The third-order valence-corrected chi connectivity index (χ3v) is 3.50. The van der Waals surface area contributed by atoms with Crippen molar-refractivity contribution in [3.63, 3.8) is 0 Å². The van der Waals surface area contributed by atoms with E-state index < -0.39 is 6.03 Å². The Balaban J connectivity index is 2.43. The molecule has 3 atom stereocenters. The Morgan fingerprint density at radius 1 is 1.44 bits per heavy atom. The Morgan fingerprint density at radius 3 is 2.61 bits per heavy atom. The van der Waals surface area contributed by atoms with Crippen LogP contribution < -0.4 is 16.4 Å². The number of urea groups is 1. The van der Waals surface area contributed by atoms with Crippen LogP contribution in [-0.4, -0.2) is 48.6 Å². The molecule has 0 radical (unpaired) electrons. The highest BCUT2D eigenvalue weighted by atomic mass is 16.2. The monoisotopic (exact) mass is 256 g/mol. The van der Waals surface area contributed by atoms with Crippen molar-refractivity contribution in [3.8, 4) is 0 Å². The molecule has 3 unspecified atom stereocenters. The van der Waals surface area contributed by atoms with Gasteiger partial charge in [-0.2, -0.15) is 0 Å². The van der Waals surface area contributed by atoms with Crippen LogP contribution in [0, 0.1) is 5.92 Å². The minimum absolute atomic E-state index is 0.147. The van der Waals surface area contributed by atoms with Gasteiger partial charge in [-0.1, -0.05) is 0 Å². The van der Waals surface area contributed by atoms with Gasteiger partial charge in [0.1, 0.15) is 0 Å². The highest BCUT2D eigenvalue weighted by Gasteiger charge is 2.31. The van der Waals surface area contributed by atoms with Gasteiger partial charge in [-0.3, -0.25) is 15.0 Å². The Kier molecular flexibility index (Phi) is 5.55. The van der Waals surface area contributed by atoms with E-state index in [1.807, 2.05) is 13.8 Å². The van der Waals surface area contributed by atoms with Crippen molar-refractivity contribution in [1.29, 1.82) is 0 Å². The number of amides is 3. The lowest BCUT2D eigenvalue weighted by Gasteiger charge is -2.23. The molecular weight excluding hydrogens is 232 g/mol. The molecule has 1 heterocycles. The van der Waals surface area contributed by atoms with Gasteiger partial charge >= 0.3 is 6.03 Å². The summed E-state index contributed by atoms with van der Waals surface area (Å²) in [6.07, 6.45) is 1.01. The third kappa shape index (κ3) is 3.96. The minimum Gasteiger partial charge on any atom is -0.338 e. The Hall–Kier alpha value is -1.14. The Labute approximate surface area is 108 Å². The van der Waals surface area contributed by atoms with Crippen LogP contribution in [0.4, 0.5) is 4.79 Å². The van der Waals surface area contributed by atoms with Crippen LogP contribution in [0.5, 0.6) is 0 Å². The lowest BCUT2D eigenvalue weighted by Crippen LogP contribution is -2.49. The number of rotatable bonds is 4. The number of carbonyl (C=O) groups is 2. The zero-order valence-corrected chi connectivity index (χ0v) is 11.4. The number of nitrogens with zero attached hydrogens (tertiary/aromatic N) is 1. The molecule has 1 aliphatic rings. The Bertz CT molecular complexity index is 306. The van der Waals surface area contributed by atoms with E-state index in [9.17, 15) is 9.59 Å². The average molecular weight is 256 g/mol. The molecule has 3 amide bonds. The van der Waals surface area contributed by atoms with Crippen molar-refractivity contribution in [2.24, 2.45) is 11.7 Å². The summed E-state index contributed by atoms with van der Waals surface area (Å²) in [6, 6.07) is -0.581. The van der Waals surface area contributed by atoms with Crippen LogP contribution in [0.3, 0.4) is 0 Å². The number of hydrogen-bond acceptors (Lipinski definition) is 4. The molecule has 0 aliphatic carbocycles. The smallest absolute Gasteiger partial charge is 0.321 e. The van der Waals surface area contributed by atoms with E-state index in [4.69, 9.17) is 5.73 Å². The maximum absolute atomic E-state index is 11.8. The summed E-state index contributed by atoms with van der Waals surface area (Å²) in [4.78, 5) is 25.2. The van der Waals surface area contributed by atoms with Crippen LogP contribution in [0.1, 0.15) is 27.2 Å². The van der Waals surface area contributed by atoms with Crippen molar-refractivity contribution in [3.05, 3.63) is 0 Å². The van der Waals surface area contributed by atoms with Gasteiger partial charge in [-0.25, -0.2) is 4.79 Å². The molecule has 0 spiro atoms. The molecule has 0 aromatic heterocycles. The predicted molar refractivity (Wildman–Crippen MR) is 70.0 cm³/mol. The molecule has 18 heavy (non-hydrogen) atoms. The van der Waals surface area contributed by atoms with Gasteiger partial charge in [0.15, 0.2) is 0 Å². The largest absolute Gasteiger partial charge is 0.338 e. The number of nitrogens with two attached hydrogens (primary N) is 1. The maximum Gasteiger partial charge on any atom is 0.321 e. The van der Waals surface area contributed by atoms with Gasteiger partial charge in [0.05, 0.1) is 6.04 Å². The standard InChI is InChI=1S/C12H24N4O2/c1-4-14-12(18)15-11(17)9(3)16-6-5-10(7-16)8(2)13/h8-10H,4-7,13H2,1-3H3,(H2,14,15,17,18). The quantitative estimate of drug-likeness (QED) is 0.655. The first-order valence-corrected chi connectivity index (χ1v) is 6.54. The second-order valence-electron chi connectivity index (χ2n) is 4.93. The lowest BCUT2D eigenvalue weighted by atomic mass is 10.0. The third-order valence-electron chi connectivity index (χ3n) is 3.50. The molecule has 0 aromatic rings. The van der Waals surface area contributed by atoms with Gasteiger partial charge in [0.25, 0.3) is 0 Å². The van der Waals surface area contributed by atoms with Crippen molar-refractivity contribution < 1.29 is 9.59 Å². The van der Waals surface area contributed by atoms with Crippen LogP contribution in [-0.2, 0) is 4.79 Å². The number of imide groups is 1. The zero-order valence-electron chi connectivity index (χ0n) is 11.4. The molecule has 0 aromatic carbocycles. The summed E-state index contributed by atoms with van der Waals surface area (Å²) in [7, 11) is 0. The number of carbonyl (C=O) groups excluding carboxylic acids is 2. The second kappa shape index (κ2) is 6.70. The fourth-order valence-corrected chi connectivity index (χ4v) is 2.18. The Morgan fingerprint density at radius 2 is 2.11 bits per heavy atom. The lowest BCUT2D eigenvalue weighted by molar-refractivity contribution is -0.124. The molecule has 0 saturated carbocycles. The molecule has 4 N–H and O–H groups in total. The van der Waals surface area contributed by atoms with Crippen LogP contribution in [0.2, 0.25) is 0 Å². The number of likely N-dealkylation sites (tertiary alicyclic amines) is 1. The summed E-state index contributed by atoms with van der Waals surface area (Å²) < 4.78 is 0. The second-order valence-corrected chi connectivity index (χ2v) is 4.93. The van der Waals surface area contributed by atoms with E-state index in [1.54, 1.807) is 6.92 Å². The van der Waals surface area contributed by atoms with Crippen molar-refractivity contribution >= 4 is 11.9 Å². The van der Waals surface area contributed by atoms with Crippen molar-refractivity contribution in [2.75, 3.05) is 19.6 Å². The molecular formula is C12H24N4O2. The molecule has 1 aliphatic heterocycles. The van der Waals surface area contributed by atoms with E-state index >= 15 is 0 Å². The molecule has 6 nitrogen and oxygen atoms in total. The molecule has 6 heteroatoms. The minimum atomic E-state index is -0.433. The van der Waals surface area contributed by atoms with Crippen LogP contribution in [0.15, 0.2) is 0 Å². The molecule has 1 fully saturated rings. The predicted octanol–water partition coefficient (Wildman–Crippen LogP) is -0.110. The highest BCUT2D eigenvalue weighted by molar-refractivity contribution is 5.96. The normalized spacial score (nSPS) is 23.4. The molecule has 1 rings (SSSR count). The van der Waals surface area contributed by atoms with Crippen LogP contribution >= 0.6 is 0 Å². The SMILES string of the molecule is CCNC(=O)NC(=O)C(C)N1CCC(C(C)N)C1. The van der Waals surface area contributed by atoms with E-state index in [2.05, 4.69) is 15.5 Å². The number of nitrogens with one attached hydrogen (secondary N) is 2. The van der Waals surface area contributed by atoms with Gasteiger partial charge in [0, 0.05) is 19.1 Å². The van der Waals surface area contributed by atoms with Gasteiger partial charge in [-0.05, 0) is 39.7 Å². The van der Waals surface area contributed by atoms with Gasteiger partial charge in [0.2, 0.25) is 5.91 Å². The highest BCUT2D eigenvalue weighted by Crippen LogP contribution is 2.20. The topological polar surface area (TPSA) is 87.5 Å². The van der Waals surface area contributed by atoms with Crippen molar-refractivity contribution in [2.45, 2.75) is 39.3 Å². The van der Waals surface area contributed by atoms with E-state index in [-0.39, 0.29) is 18.0 Å². The maximum atomic E-state index is 11.8. The van der Waals surface area contributed by atoms with Gasteiger partial charge in [-0.15, -0.1) is 0 Å². The summed E-state index contributed by atoms with van der Waals surface area (Å²) in [6.45, 7) is 7.80. The first-order chi connectivity index (χ1) is 8.45. The number of hydrogen-bond donors (Lipinski definition) is 3. The zero-order chi connectivity index (χ0) is 13.7. The molecule has 1 saturated heterocycles. The summed E-state index contributed by atoms with van der Waals surface area (Å²) in [5, 5.41) is 4.88. The first kappa shape index (κ1) is 14.9. The van der Waals surface area contributed by atoms with E-state index in [1.165, 1.54) is 0 Å². The fourth-order valence-electron chi connectivity index (χ4n) is 2.18. The summed E-state index contributed by atoms with van der Waals surface area (Å²) in [5.41, 5.74) is 5.87. The van der Waals surface area contributed by atoms with E-state index in [0.717, 1.165) is 19.5 Å². The molecule has 0 bridgehead atoms. The fraction of sp³-hybridized carbons (Fsp3) is 0.833. The molecule has 104 valence electrons. The van der Waals surface area contributed by atoms with Gasteiger partial charge < -0.3 is 11.1 Å².